The van der Waals surface area contributed by atoms with Crippen LogP contribution in [-0.4, -0.2) is 6.61 Å². The van der Waals surface area contributed by atoms with Crippen molar-refractivity contribution in [1.29, 1.82) is 0 Å². The van der Waals surface area contributed by atoms with Gasteiger partial charge in [0.2, 0.25) is 0 Å². The van der Waals surface area contributed by atoms with Crippen LogP contribution in [-0.2, 0) is 5.41 Å². The van der Waals surface area contributed by atoms with Gasteiger partial charge in [-0.05, 0) is 41.5 Å². The van der Waals surface area contributed by atoms with Crippen LogP contribution in [0.1, 0.15) is 25.0 Å². The van der Waals surface area contributed by atoms with Gasteiger partial charge in [-0.15, -0.1) is 0 Å². The molecule has 0 aliphatic rings. The molecule has 21 heavy (non-hydrogen) atoms. The number of anilines is 1. The molecule has 0 radical (unpaired) electrons. The molecular weight excluding hydrogens is 340 g/mol. The second-order valence-electron chi connectivity index (χ2n) is 5.30. The van der Waals surface area contributed by atoms with E-state index >= 15 is 0 Å². The minimum Gasteiger partial charge on any atom is -0.435 e. The zero-order valence-electron chi connectivity index (χ0n) is 11.7. The molecular formula is C16H16BrF2NO. The maximum atomic E-state index is 12.3. The molecule has 0 aliphatic carbocycles. The van der Waals surface area contributed by atoms with E-state index in [1.165, 1.54) is 6.07 Å². The minimum atomic E-state index is -2.83. The summed E-state index contributed by atoms with van der Waals surface area (Å²) in [5, 5.41) is 0. The number of hydrogen-bond acceptors (Lipinski definition) is 2. The normalized spacial score (nSPS) is 11.7. The van der Waals surface area contributed by atoms with Crippen molar-refractivity contribution in [3.8, 4) is 5.75 Å². The minimum absolute atomic E-state index is 0.151. The largest absolute Gasteiger partial charge is 0.435 e. The highest BCUT2D eigenvalue weighted by Gasteiger charge is 2.24. The van der Waals surface area contributed by atoms with Crippen LogP contribution in [0.25, 0.3) is 0 Å². The third-order valence-electron chi connectivity index (χ3n) is 3.42. The number of alkyl halides is 2. The van der Waals surface area contributed by atoms with Gasteiger partial charge in [-0.1, -0.05) is 41.9 Å². The summed E-state index contributed by atoms with van der Waals surface area (Å²) >= 11 is 3.42. The monoisotopic (exact) mass is 355 g/mol. The van der Waals surface area contributed by atoms with Gasteiger partial charge in [-0.3, -0.25) is 0 Å². The molecule has 0 fully saturated rings. The molecule has 0 unspecified atom stereocenters. The Balaban J connectivity index is 2.43. The first-order chi connectivity index (χ1) is 9.79. The molecule has 0 aromatic heterocycles. The van der Waals surface area contributed by atoms with Crippen molar-refractivity contribution in [3.63, 3.8) is 0 Å². The van der Waals surface area contributed by atoms with Crippen LogP contribution in [0, 0.1) is 0 Å². The van der Waals surface area contributed by atoms with Crippen molar-refractivity contribution in [2.45, 2.75) is 25.9 Å². The van der Waals surface area contributed by atoms with Crippen molar-refractivity contribution < 1.29 is 13.5 Å². The molecule has 0 saturated heterocycles. The molecule has 0 saturated carbocycles. The van der Waals surface area contributed by atoms with E-state index in [0.717, 1.165) is 15.6 Å². The second-order valence-corrected chi connectivity index (χ2v) is 6.22. The van der Waals surface area contributed by atoms with Crippen molar-refractivity contribution >= 4 is 21.6 Å². The predicted octanol–water partition coefficient (Wildman–Crippen LogP) is 4.96. The van der Waals surface area contributed by atoms with E-state index in [4.69, 9.17) is 5.73 Å². The molecule has 0 amide bonds. The highest BCUT2D eigenvalue weighted by atomic mass is 79.9. The second kappa shape index (κ2) is 6.02. The van der Waals surface area contributed by atoms with Gasteiger partial charge >= 0.3 is 6.61 Å². The fraction of sp³-hybridized carbons (Fsp3) is 0.250. The first-order valence-electron chi connectivity index (χ1n) is 6.41. The quantitative estimate of drug-likeness (QED) is 0.786. The van der Waals surface area contributed by atoms with E-state index in [1.807, 2.05) is 38.1 Å². The van der Waals surface area contributed by atoms with Crippen molar-refractivity contribution in [3.05, 3.63) is 58.1 Å². The summed E-state index contributed by atoms with van der Waals surface area (Å²) < 4.78 is 30.0. The van der Waals surface area contributed by atoms with E-state index in [0.29, 0.717) is 5.69 Å². The molecule has 2 N–H and O–H groups in total. The van der Waals surface area contributed by atoms with Gasteiger partial charge in [0, 0.05) is 15.6 Å². The van der Waals surface area contributed by atoms with Crippen LogP contribution >= 0.6 is 15.9 Å². The molecule has 112 valence electrons. The number of halogens is 3. The van der Waals surface area contributed by atoms with E-state index < -0.39 is 6.61 Å². The molecule has 0 heterocycles. The van der Waals surface area contributed by atoms with Gasteiger partial charge in [0.25, 0.3) is 0 Å². The average molecular weight is 356 g/mol. The predicted molar refractivity (Wildman–Crippen MR) is 83.8 cm³/mol. The van der Waals surface area contributed by atoms with E-state index in [-0.39, 0.29) is 11.2 Å². The van der Waals surface area contributed by atoms with Crippen molar-refractivity contribution in [2.75, 3.05) is 5.73 Å². The van der Waals surface area contributed by atoms with Gasteiger partial charge in [-0.2, -0.15) is 8.78 Å². The van der Waals surface area contributed by atoms with Crippen LogP contribution in [0.3, 0.4) is 0 Å². The number of nitrogen functional groups attached to an aromatic ring is 1. The summed E-state index contributed by atoms with van der Waals surface area (Å²) in [6.07, 6.45) is 0. The lowest BCUT2D eigenvalue weighted by Gasteiger charge is -2.27. The summed E-state index contributed by atoms with van der Waals surface area (Å²) in [5.41, 5.74) is 8.00. The first kappa shape index (κ1) is 15.8. The SMILES string of the molecule is CC(C)(c1cc(N)cc(Br)c1)c1cccc(OC(F)F)c1. The van der Waals surface area contributed by atoms with Crippen LogP contribution in [0.5, 0.6) is 5.75 Å². The first-order valence-corrected chi connectivity index (χ1v) is 7.20. The Kier molecular flexibility index (Phi) is 4.52. The molecule has 2 rings (SSSR count). The summed E-state index contributed by atoms with van der Waals surface area (Å²) in [7, 11) is 0. The Labute approximate surface area is 131 Å². The van der Waals surface area contributed by atoms with Gasteiger partial charge in [0.1, 0.15) is 5.75 Å². The lowest BCUT2D eigenvalue weighted by Crippen LogP contribution is -2.19. The van der Waals surface area contributed by atoms with E-state index in [1.54, 1.807) is 12.1 Å². The third kappa shape index (κ3) is 3.73. The zero-order chi connectivity index (χ0) is 15.6. The van der Waals surface area contributed by atoms with Crippen LogP contribution in [0.15, 0.2) is 46.9 Å². The summed E-state index contributed by atoms with van der Waals surface area (Å²) in [4.78, 5) is 0. The Hall–Kier alpha value is -1.62. The zero-order valence-corrected chi connectivity index (χ0v) is 13.3. The smallest absolute Gasteiger partial charge is 0.387 e. The van der Waals surface area contributed by atoms with Crippen molar-refractivity contribution in [1.82, 2.24) is 0 Å². The number of ether oxygens (including phenoxy) is 1. The molecule has 5 heteroatoms. The summed E-state index contributed by atoms with van der Waals surface area (Å²) in [6, 6.07) is 12.4. The lowest BCUT2D eigenvalue weighted by atomic mass is 9.78. The van der Waals surface area contributed by atoms with Gasteiger partial charge in [0.15, 0.2) is 0 Å². The molecule has 0 spiro atoms. The Morgan fingerprint density at radius 1 is 1.10 bits per heavy atom. The highest BCUT2D eigenvalue weighted by molar-refractivity contribution is 9.10. The molecule has 2 aromatic rings. The standard InChI is InChI=1S/C16H16BrF2NO/c1-16(2,11-6-12(17)9-13(20)7-11)10-4-3-5-14(8-10)21-15(18)19/h3-9,15H,20H2,1-2H3. The summed E-state index contributed by atoms with van der Waals surface area (Å²) in [5.74, 6) is 0.151. The molecule has 2 nitrogen and oxygen atoms in total. The fourth-order valence-electron chi connectivity index (χ4n) is 2.20. The highest BCUT2D eigenvalue weighted by Crippen LogP contribution is 2.35. The number of benzene rings is 2. The Bertz CT molecular complexity index is 624. The van der Waals surface area contributed by atoms with Gasteiger partial charge in [0.05, 0.1) is 0 Å². The number of rotatable bonds is 4. The molecule has 0 bridgehead atoms. The van der Waals surface area contributed by atoms with E-state index in [9.17, 15) is 8.78 Å². The van der Waals surface area contributed by atoms with Crippen LogP contribution < -0.4 is 10.5 Å². The lowest BCUT2D eigenvalue weighted by molar-refractivity contribution is -0.0499. The number of hydrogen-bond donors (Lipinski definition) is 1. The van der Waals surface area contributed by atoms with Crippen LogP contribution in [0.4, 0.5) is 14.5 Å². The number of nitrogens with two attached hydrogens (primary N) is 1. The molecule has 0 atom stereocenters. The van der Waals surface area contributed by atoms with Gasteiger partial charge < -0.3 is 10.5 Å². The average Bonchev–Trinajstić information content (AvgIpc) is 2.37. The maximum absolute atomic E-state index is 12.3. The molecule has 0 aliphatic heterocycles. The Morgan fingerprint density at radius 2 is 1.81 bits per heavy atom. The fourth-order valence-corrected chi connectivity index (χ4v) is 2.71. The third-order valence-corrected chi connectivity index (χ3v) is 3.88. The summed E-state index contributed by atoms with van der Waals surface area (Å²) in [6.45, 7) is 1.19. The topological polar surface area (TPSA) is 35.2 Å². The van der Waals surface area contributed by atoms with Gasteiger partial charge in [-0.25, -0.2) is 0 Å². The Morgan fingerprint density at radius 3 is 2.43 bits per heavy atom. The molecule has 2 aromatic carbocycles. The van der Waals surface area contributed by atoms with Crippen molar-refractivity contribution in [2.24, 2.45) is 0 Å². The van der Waals surface area contributed by atoms with Crippen LogP contribution in [0.2, 0.25) is 0 Å². The van der Waals surface area contributed by atoms with E-state index in [2.05, 4.69) is 20.7 Å². The maximum Gasteiger partial charge on any atom is 0.387 e.